The minimum absolute atomic E-state index is 0.123. The lowest BCUT2D eigenvalue weighted by molar-refractivity contribution is -0.117. The molecule has 25 heavy (non-hydrogen) atoms. The third kappa shape index (κ3) is 4.10. The van der Waals surface area contributed by atoms with E-state index >= 15 is 0 Å². The van der Waals surface area contributed by atoms with E-state index in [1.165, 1.54) is 5.56 Å². The molecular formula is C22H28N2O. The molecule has 0 bridgehead atoms. The average Bonchev–Trinajstić information content (AvgIpc) is 2.67. The van der Waals surface area contributed by atoms with Crippen LogP contribution in [0.1, 0.15) is 38.2 Å². The largest absolute Gasteiger partial charge is 0.317 e. The second-order valence-corrected chi connectivity index (χ2v) is 7.00. The van der Waals surface area contributed by atoms with Gasteiger partial charge in [0.25, 0.3) is 0 Å². The lowest BCUT2D eigenvalue weighted by Crippen LogP contribution is -2.49. The van der Waals surface area contributed by atoms with E-state index in [4.69, 9.17) is 0 Å². The highest BCUT2D eigenvalue weighted by Crippen LogP contribution is 2.35. The van der Waals surface area contributed by atoms with E-state index in [0.29, 0.717) is 5.92 Å². The maximum absolute atomic E-state index is 12.7. The highest BCUT2D eigenvalue weighted by molar-refractivity contribution is 5.92. The minimum atomic E-state index is 0.123. The van der Waals surface area contributed by atoms with Crippen LogP contribution in [-0.2, 0) is 4.79 Å². The van der Waals surface area contributed by atoms with Gasteiger partial charge in [-0.1, -0.05) is 55.5 Å². The number of para-hydroxylation sites is 1. The zero-order chi connectivity index (χ0) is 17.6. The fourth-order valence-electron chi connectivity index (χ4n) is 4.13. The number of anilines is 1. The predicted octanol–water partition coefficient (Wildman–Crippen LogP) is 4.21. The summed E-state index contributed by atoms with van der Waals surface area (Å²) in [5, 5.41) is 3.45. The number of amides is 1. The molecule has 2 aromatic rings. The molecule has 0 radical (unpaired) electrons. The van der Waals surface area contributed by atoms with Crippen molar-refractivity contribution in [3.8, 4) is 0 Å². The predicted molar refractivity (Wildman–Crippen MR) is 104 cm³/mol. The van der Waals surface area contributed by atoms with E-state index in [1.54, 1.807) is 6.92 Å². The van der Waals surface area contributed by atoms with Crippen LogP contribution in [0.3, 0.4) is 0 Å². The number of nitrogens with one attached hydrogen (secondary N) is 1. The summed E-state index contributed by atoms with van der Waals surface area (Å²) in [7, 11) is 0. The SMILES string of the molecule is CC(=O)N(c1ccccc1)C(C1CCNCC1)C(C)c1ccccc1. The van der Waals surface area contributed by atoms with Crippen LogP contribution in [0.4, 0.5) is 5.69 Å². The van der Waals surface area contributed by atoms with Gasteiger partial charge in [0.05, 0.1) is 0 Å². The molecular weight excluding hydrogens is 308 g/mol. The molecule has 3 nitrogen and oxygen atoms in total. The molecule has 2 atom stereocenters. The van der Waals surface area contributed by atoms with Crippen molar-refractivity contribution < 1.29 is 4.79 Å². The Labute approximate surface area is 151 Å². The highest BCUT2D eigenvalue weighted by Gasteiger charge is 2.35. The molecule has 1 N–H and O–H groups in total. The second kappa shape index (κ2) is 8.30. The van der Waals surface area contributed by atoms with Crippen molar-refractivity contribution in [2.24, 2.45) is 5.92 Å². The summed E-state index contributed by atoms with van der Waals surface area (Å²) in [6, 6.07) is 20.9. The minimum Gasteiger partial charge on any atom is -0.317 e. The summed E-state index contributed by atoms with van der Waals surface area (Å²) in [5.41, 5.74) is 2.30. The molecule has 0 aromatic heterocycles. The van der Waals surface area contributed by atoms with Gasteiger partial charge in [-0.3, -0.25) is 4.79 Å². The standard InChI is InChI=1S/C22H28N2O/c1-17(19-9-5-3-6-10-19)22(20-13-15-23-16-14-20)24(18(2)25)21-11-7-4-8-12-21/h3-12,17,20,22-23H,13-16H2,1-2H3. The van der Waals surface area contributed by atoms with Crippen molar-refractivity contribution >= 4 is 11.6 Å². The van der Waals surface area contributed by atoms with E-state index in [2.05, 4.69) is 42.6 Å². The Morgan fingerprint density at radius 3 is 2.12 bits per heavy atom. The van der Waals surface area contributed by atoms with Crippen LogP contribution in [0.15, 0.2) is 60.7 Å². The van der Waals surface area contributed by atoms with E-state index in [-0.39, 0.29) is 17.9 Å². The molecule has 2 unspecified atom stereocenters. The smallest absolute Gasteiger partial charge is 0.224 e. The Hall–Kier alpha value is -2.13. The number of carbonyl (C=O) groups is 1. The van der Waals surface area contributed by atoms with Gasteiger partial charge in [0.15, 0.2) is 0 Å². The van der Waals surface area contributed by atoms with Gasteiger partial charge in [-0.15, -0.1) is 0 Å². The van der Waals surface area contributed by atoms with Crippen LogP contribution in [0.25, 0.3) is 0 Å². The molecule has 1 heterocycles. The fourth-order valence-corrected chi connectivity index (χ4v) is 4.13. The van der Waals surface area contributed by atoms with Crippen molar-refractivity contribution in [2.75, 3.05) is 18.0 Å². The Bertz CT molecular complexity index is 665. The van der Waals surface area contributed by atoms with Gasteiger partial charge in [0.1, 0.15) is 0 Å². The van der Waals surface area contributed by atoms with E-state index < -0.39 is 0 Å². The first-order valence-electron chi connectivity index (χ1n) is 9.29. The van der Waals surface area contributed by atoms with Crippen LogP contribution in [-0.4, -0.2) is 25.0 Å². The third-order valence-electron chi connectivity index (χ3n) is 5.38. The van der Waals surface area contributed by atoms with Gasteiger partial charge in [-0.05, 0) is 49.5 Å². The lowest BCUT2D eigenvalue weighted by atomic mass is 9.79. The number of nitrogens with zero attached hydrogens (tertiary/aromatic N) is 1. The van der Waals surface area contributed by atoms with Crippen LogP contribution in [0.5, 0.6) is 0 Å². The maximum Gasteiger partial charge on any atom is 0.224 e. The number of piperidine rings is 1. The molecule has 1 aliphatic rings. The molecule has 2 aromatic carbocycles. The summed E-state index contributed by atoms with van der Waals surface area (Å²) >= 11 is 0. The molecule has 132 valence electrons. The molecule has 1 fully saturated rings. The van der Waals surface area contributed by atoms with Crippen molar-refractivity contribution in [2.45, 2.75) is 38.6 Å². The number of carbonyl (C=O) groups excluding carboxylic acids is 1. The molecule has 0 spiro atoms. The van der Waals surface area contributed by atoms with E-state index in [9.17, 15) is 4.79 Å². The zero-order valence-corrected chi connectivity index (χ0v) is 15.2. The van der Waals surface area contributed by atoms with E-state index in [0.717, 1.165) is 31.6 Å². The Morgan fingerprint density at radius 1 is 1.00 bits per heavy atom. The zero-order valence-electron chi connectivity index (χ0n) is 15.2. The fraction of sp³-hybridized carbons (Fsp3) is 0.409. The van der Waals surface area contributed by atoms with Crippen LogP contribution >= 0.6 is 0 Å². The topological polar surface area (TPSA) is 32.3 Å². The summed E-state index contributed by atoms with van der Waals surface area (Å²) in [6.45, 7) is 6.02. The molecule has 3 rings (SSSR count). The van der Waals surface area contributed by atoms with Crippen molar-refractivity contribution in [3.63, 3.8) is 0 Å². The Morgan fingerprint density at radius 2 is 1.56 bits per heavy atom. The summed E-state index contributed by atoms with van der Waals surface area (Å²) in [6.07, 6.45) is 2.22. The summed E-state index contributed by atoms with van der Waals surface area (Å²) in [5.74, 6) is 0.909. The first-order chi connectivity index (χ1) is 12.2. The number of rotatable bonds is 5. The van der Waals surface area contributed by atoms with E-state index in [1.807, 2.05) is 35.2 Å². The highest BCUT2D eigenvalue weighted by atomic mass is 16.2. The molecule has 1 amide bonds. The summed E-state index contributed by atoms with van der Waals surface area (Å²) < 4.78 is 0. The molecule has 0 saturated carbocycles. The van der Waals surface area contributed by atoms with Gasteiger partial charge in [0.2, 0.25) is 5.91 Å². The van der Waals surface area contributed by atoms with Gasteiger partial charge >= 0.3 is 0 Å². The number of hydrogen-bond acceptors (Lipinski definition) is 2. The van der Waals surface area contributed by atoms with Crippen molar-refractivity contribution in [3.05, 3.63) is 66.2 Å². The van der Waals surface area contributed by atoms with Crippen LogP contribution in [0.2, 0.25) is 0 Å². The van der Waals surface area contributed by atoms with Gasteiger partial charge in [0, 0.05) is 24.6 Å². The molecule has 1 aliphatic heterocycles. The van der Waals surface area contributed by atoms with Gasteiger partial charge in [-0.25, -0.2) is 0 Å². The summed E-state index contributed by atoms with van der Waals surface area (Å²) in [4.78, 5) is 14.7. The van der Waals surface area contributed by atoms with Crippen molar-refractivity contribution in [1.29, 1.82) is 0 Å². The molecule has 0 aliphatic carbocycles. The second-order valence-electron chi connectivity index (χ2n) is 7.00. The number of benzene rings is 2. The Kier molecular flexibility index (Phi) is 5.87. The molecule has 1 saturated heterocycles. The average molecular weight is 336 g/mol. The normalized spacial score (nSPS) is 17.7. The molecule has 3 heteroatoms. The van der Waals surface area contributed by atoms with Crippen LogP contribution < -0.4 is 10.2 Å². The van der Waals surface area contributed by atoms with Crippen LogP contribution in [0, 0.1) is 5.92 Å². The lowest BCUT2D eigenvalue weighted by Gasteiger charge is -2.42. The first-order valence-corrected chi connectivity index (χ1v) is 9.29. The van der Waals surface area contributed by atoms with Gasteiger partial charge < -0.3 is 10.2 Å². The number of hydrogen-bond donors (Lipinski definition) is 1. The third-order valence-corrected chi connectivity index (χ3v) is 5.38. The van der Waals surface area contributed by atoms with Gasteiger partial charge in [-0.2, -0.15) is 0 Å². The van der Waals surface area contributed by atoms with Crippen molar-refractivity contribution in [1.82, 2.24) is 5.32 Å². The monoisotopic (exact) mass is 336 g/mol. The Balaban J connectivity index is 2.00. The first kappa shape index (κ1) is 17.7. The maximum atomic E-state index is 12.7. The quantitative estimate of drug-likeness (QED) is 0.887.